The smallest absolute Gasteiger partial charge is 0.323 e. The van der Waals surface area contributed by atoms with Gasteiger partial charge in [0.1, 0.15) is 12.2 Å². The van der Waals surface area contributed by atoms with Crippen LogP contribution >= 0.6 is 0 Å². The van der Waals surface area contributed by atoms with Crippen LogP contribution < -0.4 is 10.6 Å². The Kier molecular flexibility index (Phi) is 6.96. The van der Waals surface area contributed by atoms with Gasteiger partial charge in [0.15, 0.2) is 0 Å². The van der Waals surface area contributed by atoms with E-state index in [0.29, 0.717) is 13.2 Å². The molecule has 0 bridgehead atoms. The van der Waals surface area contributed by atoms with Gasteiger partial charge in [-0.05, 0) is 12.1 Å². The van der Waals surface area contributed by atoms with Crippen LogP contribution in [0.3, 0.4) is 0 Å². The van der Waals surface area contributed by atoms with Gasteiger partial charge in [0, 0.05) is 32.8 Å². The topological polar surface area (TPSA) is 110 Å². The van der Waals surface area contributed by atoms with Crippen LogP contribution in [0, 0.1) is 0 Å². The third-order valence-electron chi connectivity index (χ3n) is 2.63. The molecule has 0 aliphatic carbocycles. The Balaban J connectivity index is 2.35. The van der Waals surface area contributed by atoms with Crippen molar-refractivity contribution in [1.82, 2.24) is 15.2 Å². The molecule has 2 amide bonds. The maximum Gasteiger partial charge on any atom is 0.323 e. The fourth-order valence-corrected chi connectivity index (χ4v) is 1.66. The molecular formula is C13H19N3O5. The number of nitrogens with zero attached hydrogens (tertiary/aromatic N) is 1. The lowest BCUT2D eigenvalue weighted by atomic mass is 10.3. The number of ether oxygens (including phenoxy) is 1. The number of rotatable bonds is 9. The molecule has 0 aliphatic heterocycles. The van der Waals surface area contributed by atoms with Crippen LogP contribution in [0.2, 0.25) is 0 Å². The van der Waals surface area contributed by atoms with E-state index in [1.165, 1.54) is 16.8 Å². The fraction of sp³-hybridized carbons (Fsp3) is 0.462. The molecular weight excluding hydrogens is 278 g/mol. The summed E-state index contributed by atoms with van der Waals surface area (Å²) in [5.74, 6) is -1.63. The molecule has 1 aromatic heterocycles. The lowest BCUT2D eigenvalue weighted by Crippen LogP contribution is -2.33. The van der Waals surface area contributed by atoms with Crippen LogP contribution in [0.25, 0.3) is 0 Å². The zero-order valence-corrected chi connectivity index (χ0v) is 11.8. The lowest BCUT2D eigenvalue weighted by molar-refractivity contribution is -0.137. The standard InChI is InChI=1S/C13H19N3O5/c1-21-8-6-14-11(17)4-5-15-13(20)10-3-2-7-16(10)9-12(18)19/h2-3,7H,4-6,8-9H2,1H3,(H,14,17)(H,15,20)(H,18,19). The van der Waals surface area contributed by atoms with Crippen LogP contribution in [-0.2, 0) is 20.9 Å². The van der Waals surface area contributed by atoms with E-state index in [-0.39, 0.29) is 31.1 Å². The molecule has 21 heavy (non-hydrogen) atoms. The molecule has 3 N–H and O–H groups in total. The van der Waals surface area contributed by atoms with Crippen molar-refractivity contribution in [3.8, 4) is 0 Å². The van der Waals surface area contributed by atoms with Gasteiger partial charge in [0.05, 0.1) is 6.61 Å². The number of hydrogen-bond donors (Lipinski definition) is 3. The highest BCUT2D eigenvalue weighted by Crippen LogP contribution is 2.02. The number of carbonyl (C=O) groups excluding carboxylic acids is 2. The van der Waals surface area contributed by atoms with Gasteiger partial charge in [0.25, 0.3) is 5.91 Å². The fourth-order valence-electron chi connectivity index (χ4n) is 1.66. The molecule has 116 valence electrons. The first-order chi connectivity index (χ1) is 10.0. The predicted octanol–water partition coefficient (Wildman–Crippen LogP) is -0.545. The Labute approximate surface area is 122 Å². The number of methoxy groups -OCH3 is 1. The average molecular weight is 297 g/mol. The van der Waals surface area contributed by atoms with Gasteiger partial charge in [-0.1, -0.05) is 0 Å². The minimum absolute atomic E-state index is 0.148. The van der Waals surface area contributed by atoms with Gasteiger partial charge in [-0.25, -0.2) is 0 Å². The van der Waals surface area contributed by atoms with Gasteiger partial charge in [0.2, 0.25) is 5.91 Å². The summed E-state index contributed by atoms with van der Waals surface area (Å²) in [4.78, 5) is 33.9. The van der Waals surface area contributed by atoms with Gasteiger partial charge in [-0.3, -0.25) is 14.4 Å². The molecule has 1 heterocycles. The van der Waals surface area contributed by atoms with Crippen molar-refractivity contribution in [3.05, 3.63) is 24.0 Å². The second-order valence-corrected chi connectivity index (χ2v) is 4.26. The number of carboxylic acid groups (broad SMARTS) is 1. The first-order valence-corrected chi connectivity index (χ1v) is 6.45. The molecule has 1 rings (SSSR count). The molecule has 8 nitrogen and oxygen atoms in total. The summed E-state index contributed by atoms with van der Waals surface area (Å²) in [7, 11) is 1.54. The summed E-state index contributed by atoms with van der Waals surface area (Å²) < 4.78 is 6.12. The second kappa shape index (κ2) is 8.75. The lowest BCUT2D eigenvalue weighted by Gasteiger charge is -2.08. The van der Waals surface area contributed by atoms with E-state index in [9.17, 15) is 14.4 Å². The van der Waals surface area contributed by atoms with E-state index < -0.39 is 11.9 Å². The highest BCUT2D eigenvalue weighted by Gasteiger charge is 2.12. The molecule has 0 radical (unpaired) electrons. The van der Waals surface area contributed by atoms with Crippen molar-refractivity contribution in [3.63, 3.8) is 0 Å². The minimum Gasteiger partial charge on any atom is -0.480 e. The Bertz CT molecular complexity index is 498. The third kappa shape index (κ3) is 6.09. The number of amides is 2. The summed E-state index contributed by atoms with van der Waals surface area (Å²) in [6.07, 6.45) is 1.66. The number of hydrogen-bond acceptors (Lipinski definition) is 4. The number of aliphatic carboxylic acids is 1. The quantitative estimate of drug-likeness (QED) is 0.530. The normalized spacial score (nSPS) is 10.1. The molecule has 0 aromatic carbocycles. The van der Waals surface area contributed by atoms with E-state index in [4.69, 9.17) is 9.84 Å². The van der Waals surface area contributed by atoms with Crippen molar-refractivity contribution < 1.29 is 24.2 Å². The van der Waals surface area contributed by atoms with Crippen molar-refractivity contribution >= 4 is 17.8 Å². The van der Waals surface area contributed by atoms with Gasteiger partial charge >= 0.3 is 5.97 Å². The molecule has 8 heteroatoms. The molecule has 0 spiro atoms. The van der Waals surface area contributed by atoms with Crippen molar-refractivity contribution in [2.45, 2.75) is 13.0 Å². The molecule has 0 saturated carbocycles. The maximum absolute atomic E-state index is 11.9. The van der Waals surface area contributed by atoms with E-state index in [1.54, 1.807) is 13.2 Å². The SMILES string of the molecule is COCCNC(=O)CCNC(=O)c1cccn1CC(=O)O. The predicted molar refractivity (Wildman–Crippen MR) is 73.9 cm³/mol. The molecule has 0 aliphatic rings. The van der Waals surface area contributed by atoms with Gasteiger partial charge in [-0.2, -0.15) is 0 Å². The first kappa shape index (κ1) is 16.7. The van der Waals surface area contributed by atoms with Crippen molar-refractivity contribution in [1.29, 1.82) is 0 Å². The Morgan fingerprint density at radius 3 is 2.71 bits per heavy atom. The van der Waals surface area contributed by atoms with Crippen LogP contribution in [0.5, 0.6) is 0 Å². The molecule has 0 unspecified atom stereocenters. The van der Waals surface area contributed by atoms with E-state index in [0.717, 1.165) is 0 Å². The summed E-state index contributed by atoms with van der Waals surface area (Å²) >= 11 is 0. The summed E-state index contributed by atoms with van der Waals surface area (Å²) in [6, 6.07) is 3.12. The number of carbonyl (C=O) groups is 3. The average Bonchev–Trinajstić information content (AvgIpc) is 2.86. The third-order valence-corrected chi connectivity index (χ3v) is 2.63. The molecule has 0 fully saturated rings. The Morgan fingerprint density at radius 1 is 1.29 bits per heavy atom. The van der Waals surface area contributed by atoms with E-state index in [1.807, 2.05) is 0 Å². The van der Waals surface area contributed by atoms with Crippen LogP contribution in [0.15, 0.2) is 18.3 Å². The first-order valence-electron chi connectivity index (χ1n) is 6.45. The maximum atomic E-state index is 11.9. The zero-order valence-electron chi connectivity index (χ0n) is 11.8. The van der Waals surface area contributed by atoms with Crippen molar-refractivity contribution in [2.75, 3.05) is 26.8 Å². The van der Waals surface area contributed by atoms with Gasteiger partial charge < -0.3 is 25.0 Å². The highest BCUT2D eigenvalue weighted by molar-refractivity contribution is 5.93. The largest absolute Gasteiger partial charge is 0.480 e. The Morgan fingerprint density at radius 2 is 2.05 bits per heavy atom. The second-order valence-electron chi connectivity index (χ2n) is 4.26. The number of carboxylic acids is 1. The number of nitrogens with one attached hydrogen (secondary N) is 2. The highest BCUT2D eigenvalue weighted by atomic mass is 16.5. The molecule has 0 saturated heterocycles. The van der Waals surface area contributed by atoms with Crippen LogP contribution in [0.4, 0.5) is 0 Å². The molecule has 1 aromatic rings. The molecule has 0 atom stereocenters. The van der Waals surface area contributed by atoms with E-state index in [2.05, 4.69) is 10.6 Å². The Hall–Kier alpha value is -2.35. The van der Waals surface area contributed by atoms with Gasteiger partial charge in [-0.15, -0.1) is 0 Å². The van der Waals surface area contributed by atoms with Crippen LogP contribution in [-0.4, -0.2) is 54.3 Å². The van der Waals surface area contributed by atoms with E-state index >= 15 is 0 Å². The summed E-state index contributed by atoms with van der Waals surface area (Å²) in [5.41, 5.74) is 0.247. The monoisotopic (exact) mass is 297 g/mol. The number of aromatic nitrogens is 1. The van der Waals surface area contributed by atoms with Crippen molar-refractivity contribution in [2.24, 2.45) is 0 Å². The zero-order chi connectivity index (χ0) is 15.7. The summed E-state index contributed by atoms with van der Waals surface area (Å²) in [5, 5.41) is 13.9. The minimum atomic E-state index is -1.03. The summed E-state index contributed by atoms with van der Waals surface area (Å²) in [6.45, 7) is 0.745. The van der Waals surface area contributed by atoms with Crippen LogP contribution in [0.1, 0.15) is 16.9 Å².